The second kappa shape index (κ2) is 9.68. The fraction of sp³-hybridized carbons (Fsp3) is 0.0909. The molecular weight excluding hydrogens is 345 g/mol. The van der Waals surface area contributed by atoms with Gasteiger partial charge in [0.1, 0.15) is 18.2 Å². The molecule has 0 spiro atoms. The minimum Gasteiger partial charge on any atom is -0.488 e. The molecule has 26 heavy (non-hydrogen) atoms. The number of hydrogen-bond acceptors (Lipinski definition) is 3. The average molecular weight is 367 g/mol. The highest BCUT2D eigenvalue weighted by molar-refractivity contribution is 7.79. The quantitative estimate of drug-likeness (QED) is 0.414. The maximum absolute atomic E-state index is 15.2. The zero-order valence-electron chi connectivity index (χ0n) is 14.7. The number of ether oxygens (including phenoxy) is 1. The molecule has 0 atom stereocenters. The molecule has 3 rings (SSSR count). The summed E-state index contributed by atoms with van der Waals surface area (Å²) < 4.78 is 21.1. The number of rotatable bonds is 3. The van der Waals surface area contributed by atoms with E-state index in [9.17, 15) is 0 Å². The number of benzene rings is 2. The Morgan fingerprint density at radius 1 is 1.19 bits per heavy atom. The van der Waals surface area contributed by atoms with Crippen LogP contribution in [0.4, 0.5) is 10.1 Å². The summed E-state index contributed by atoms with van der Waals surface area (Å²) in [6.07, 6.45) is 8.85. The summed E-state index contributed by atoms with van der Waals surface area (Å²) in [5.74, 6) is 0.328. The monoisotopic (exact) mass is 367 g/mol. The molecule has 1 aliphatic heterocycles. The van der Waals surface area contributed by atoms with Gasteiger partial charge in [0.05, 0.1) is 0 Å². The molecule has 1 heterocycles. The molecule has 0 aliphatic carbocycles. The van der Waals surface area contributed by atoms with Crippen molar-refractivity contribution in [3.8, 4) is 5.75 Å². The maximum atomic E-state index is 15.2. The van der Waals surface area contributed by atoms with Crippen LogP contribution in [0, 0.1) is 0 Å². The van der Waals surface area contributed by atoms with Crippen molar-refractivity contribution in [3.05, 3.63) is 96.1 Å². The average Bonchev–Trinajstić information content (AvgIpc) is 2.87. The number of anilines is 1. The summed E-state index contributed by atoms with van der Waals surface area (Å²) in [5.41, 5.74) is 8.83. The van der Waals surface area contributed by atoms with Crippen LogP contribution in [0.25, 0.3) is 11.4 Å². The minimum absolute atomic E-state index is 0.329. The van der Waals surface area contributed by atoms with E-state index in [4.69, 9.17) is 10.5 Å². The van der Waals surface area contributed by atoms with Crippen LogP contribution >= 0.6 is 12.6 Å². The molecular formula is C22H22FNOS. The Balaban J connectivity index is 0.00000117. The molecule has 0 amide bonds. The van der Waals surface area contributed by atoms with Gasteiger partial charge >= 0.3 is 0 Å². The summed E-state index contributed by atoms with van der Waals surface area (Å²) in [4.78, 5) is 0. The molecule has 0 bridgehead atoms. The number of nitrogen functional groups attached to an aromatic ring is 1. The van der Waals surface area contributed by atoms with Crippen LogP contribution in [0.15, 0.2) is 85.0 Å². The first-order valence-electron chi connectivity index (χ1n) is 8.11. The van der Waals surface area contributed by atoms with Crippen LogP contribution in [0.2, 0.25) is 0 Å². The van der Waals surface area contributed by atoms with Crippen molar-refractivity contribution in [1.29, 1.82) is 0 Å². The first kappa shape index (κ1) is 19.6. The summed E-state index contributed by atoms with van der Waals surface area (Å²) in [6.45, 7) is 4.03. The molecule has 2 aromatic carbocycles. The van der Waals surface area contributed by atoms with E-state index in [0.29, 0.717) is 29.2 Å². The van der Waals surface area contributed by atoms with Crippen LogP contribution in [-0.4, -0.2) is 12.9 Å². The summed E-state index contributed by atoms with van der Waals surface area (Å²) in [5, 5.41) is 0. The SMILES string of the molecule is C=C\C=C/C1=C\C(=C(\F)c2cccc(N)c2)c2ccccc2OC1.CS. The smallest absolute Gasteiger partial charge is 0.138 e. The highest BCUT2D eigenvalue weighted by atomic mass is 32.1. The number of allylic oxidation sites excluding steroid dienone is 4. The Kier molecular flexibility index (Phi) is 7.30. The van der Waals surface area contributed by atoms with Crippen LogP contribution in [0.3, 0.4) is 0 Å². The molecule has 2 nitrogen and oxygen atoms in total. The first-order valence-corrected chi connectivity index (χ1v) is 9.01. The number of thiol groups is 1. The van der Waals surface area contributed by atoms with Gasteiger partial charge < -0.3 is 10.5 Å². The Bertz CT molecular complexity index is 868. The Morgan fingerprint density at radius 2 is 1.96 bits per heavy atom. The van der Waals surface area contributed by atoms with Gasteiger partial charge in [-0.1, -0.05) is 55.1 Å². The Labute approximate surface area is 159 Å². The van der Waals surface area contributed by atoms with Crippen molar-refractivity contribution in [2.45, 2.75) is 0 Å². The van der Waals surface area contributed by atoms with Crippen LogP contribution in [-0.2, 0) is 0 Å². The van der Waals surface area contributed by atoms with Gasteiger partial charge in [-0.05, 0) is 36.1 Å². The summed E-state index contributed by atoms with van der Waals surface area (Å²) >= 11 is 3.53. The molecule has 1 aliphatic rings. The van der Waals surface area contributed by atoms with E-state index in [2.05, 4.69) is 19.2 Å². The molecule has 2 aromatic rings. The Morgan fingerprint density at radius 3 is 2.69 bits per heavy atom. The third-order valence-corrected chi connectivity index (χ3v) is 3.72. The molecule has 0 saturated heterocycles. The standard InChI is InChI=1S/C21H18FNO.CH4S/c1-2-3-7-15-12-19(18-10-4-5-11-20(18)24-14-15)21(22)16-8-6-9-17(23)13-16;1-2/h2-13H,1,14,23H2;2H,1H3/b7-3-,21-19-;. The third-order valence-electron chi connectivity index (χ3n) is 3.72. The van der Waals surface area contributed by atoms with Gasteiger partial charge in [-0.2, -0.15) is 12.6 Å². The number of fused-ring (bicyclic) bond motifs is 1. The molecule has 4 heteroatoms. The molecule has 0 unspecified atom stereocenters. The molecule has 2 N–H and O–H groups in total. The minimum atomic E-state index is -0.329. The van der Waals surface area contributed by atoms with E-state index in [1.807, 2.05) is 36.4 Å². The van der Waals surface area contributed by atoms with Crippen LogP contribution in [0.1, 0.15) is 11.1 Å². The highest BCUT2D eigenvalue weighted by Gasteiger charge is 2.17. The fourth-order valence-electron chi connectivity index (χ4n) is 2.58. The zero-order chi connectivity index (χ0) is 18.9. The lowest BCUT2D eigenvalue weighted by Crippen LogP contribution is -1.97. The van der Waals surface area contributed by atoms with Gasteiger partial charge in [0.2, 0.25) is 0 Å². The van der Waals surface area contributed by atoms with E-state index in [1.54, 1.807) is 42.7 Å². The van der Waals surface area contributed by atoms with E-state index < -0.39 is 0 Å². The largest absolute Gasteiger partial charge is 0.488 e. The summed E-state index contributed by atoms with van der Waals surface area (Å²) in [7, 11) is 0. The van der Waals surface area contributed by atoms with E-state index in [0.717, 1.165) is 11.1 Å². The number of hydrogen-bond donors (Lipinski definition) is 2. The lowest BCUT2D eigenvalue weighted by atomic mass is 9.99. The second-order valence-corrected chi connectivity index (χ2v) is 5.45. The van der Waals surface area contributed by atoms with Crippen LogP contribution < -0.4 is 10.5 Å². The number of nitrogens with two attached hydrogens (primary N) is 1. The van der Waals surface area contributed by atoms with Gasteiger partial charge in [-0.25, -0.2) is 4.39 Å². The lowest BCUT2D eigenvalue weighted by Gasteiger charge is -2.09. The zero-order valence-corrected chi connectivity index (χ0v) is 15.5. The normalized spacial score (nSPS) is 15.0. The number of para-hydroxylation sites is 1. The topological polar surface area (TPSA) is 35.2 Å². The van der Waals surface area contributed by atoms with Crippen molar-refractivity contribution >= 4 is 29.7 Å². The lowest BCUT2D eigenvalue weighted by molar-refractivity contribution is 0.356. The van der Waals surface area contributed by atoms with Gasteiger partial charge in [-0.15, -0.1) is 0 Å². The van der Waals surface area contributed by atoms with Crippen molar-refractivity contribution in [2.75, 3.05) is 18.6 Å². The van der Waals surface area contributed by atoms with Crippen LogP contribution in [0.5, 0.6) is 5.75 Å². The predicted octanol–water partition coefficient (Wildman–Crippen LogP) is 5.71. The molecule has 0 fully saturated rings. The van der Waals surface area contributed by atoms with Gasteiger partial charge in [0, 0.05) is 22.4 Å². The van der Waals surface area contributed by atoms with E-state index >= 15 is 4.39 Å². The van der Waals surface area contributed by atoms with Crippen molar-refractivity contribution in [2.24, 2.45) is 0 Å². The van der Waals surface area contributed by atoms with Crippen molar-refractivity contribution in [3.63, 3.8) is 0 Å². The maximum Gasteiger partial charge on any atom is 0.138 e. The Hall–Kier alpha value is -2.72. The highest BCUT2D eigenvalue weighted by Crippen LogP contribution is 2.37. The molecule has 0 radical (unpaired) electrons. The summed E-state index contributed by atoms with van der Waals surface area (Å²) in [6, 6.07) is 14.3. The van der Waals surface area contributed by atoms with Gasteiger partial charge in [0.15, 0.2) is 0 Å². The first-order chi connectivity index (χ1) is 12.7. The van der Waals surface area contributed by atoms with E-state index in [-0.39, 0.29) is 5.83 Å². The molecule has 0 aromatic heterocycles. The van der Waals surface area contributed by atoms with Gasteiger partial charge in [0.25, 0.3) is 0 Å². The molecule has 134 valence electrons. The molecule has 0 saturated carbocycles. The predicted molar refractivity (Wildman–Crippen MR) is 113 cm³/mol. The van der Waals surface area contributed by atoms with Crippen molar-refractivity contribution < 1.29 is 9.13 Å². The second-order valence-electron chi connectivity index (χ2n) is 5.45. The van der Waals surface area contributed by atoms with Crippen molar-refractivity contribution in [1.82, 2.24) is 0 Å². The van der Waals surface area contributed by atoms with Gasteiger partial charge in [-0.3, -0.25) is 0 Å². The number of halogens is 1. The fourth-order valence-corrected chi connectivity index (χ4v) is 2.58. The van der Waals surface area contributed by atoms with E-state index in [1.165, 1.54) is 0 Å². The third kappa shape index (κ3) is 4.67.